The van der Waals surface area contributed by atoms with Crippen molar-refractivity contribution in [1.82, 2.24) is 0 Å². The van der Waals surface area contributed by atoms with E-state index in [4.69, 9.17) is 23.3 Å². The van der Waals surface area contributed by atoms with Crippen molar-refractivity contribution in [3.63, 3.8) is 0 Å². The van der Waals surface area contributed by atoms with E-state index in [9.17, 15) is 19.3 Å². The van der Waals surface area contributed by atoms with Gasteiger partial charge in [0.25, 0.3) is 14.7 Å². The van der Waals surface area contributed by atoms with Crippen LogP contribution in [0.25, 0.3) is 22.3 Å². The highest BCUT2D eigenvalue weighted by atomic mass is 31.2. The number of methoxy groups -OCH3 is 2. The number of ether oxygens (including phenoxy) is 3. The second-order valence-corrected chi connectivity index (χ2v) is 20.2. The maximum absolute atomic E-state index is 13.4. The Balaban J connectivity index is 0.000000147. The van der Waals surface area contributed by atoms with Crippen LogP contribution in [0.1, 0.15) is 51.2 Å². The second kappa shape index (κ2) is 21.8. The topological polar surface area (TPSA) is 124 Å². The van der Waals surface area contributed by atoms with Crippen LogP contribution in [0.2, 0.25) is 0 Å². The minimum atomic E-state index is -3.10. The van der Waals surface area contributed by atoms with Crippen molar-refractivity contribution in [2.24, 2.45) is 0 Å². The van der Waals surface area contributed by atoms with Crippen molar-refractivity contribution >= 4 is 25.3 Å². The Kier molecular flexibility index (Phi) is 16.3. The maximum Gasteiger partial charge on any atom is 0.283 e. The van der Waals surface area contributed by atoms with Gasteiger partial charge in [0.15, 0.2) is 0 Å². The molecule has 9 nitrogen and oxygen atoms in total. The third kappa shape index (κ3) is 11.3. The molecule has 0 spiro atoms. The summed E-state index contributed by atoms with van der Waals surface area (Å²) in [6.45, 7) is 6.81. The van der Waals surface area contributed by atoms with Gasteiger partial charge in [-0.2, -0.15) is 0 Å². The van der Waals surface area contributed by atoms with Crippen molar-refractivity contribution in [3.8, 4) is 45.3 Å². The Labute approximate surface area is 366 Å². The molecule has 3 aliphatic heterocycles. The molecule has 0 bridgehead atoms. The first-order valence-corrected chi connectivity index (χ1v) is 24.7. The Hall–Kier alpha value is -5.14. The highest BCUT2D eigenvalue weighted by Crippen LogP contribution is 2.58. The van der Waals surface area contributed by atoms with Crippen molar-refractivity contribution in [1.29, 1.82) is 0 Å². The molecule has 62 heavy (non-hydrogen) atoms. The average Bonchev–Trinajstić information content (AvgIpc) is 4.16. The van der Waals surface area contributed by atoms with E-state index in [1.54, 1.807) is 14.2 Å². The highest BCUT2D eigenvalue weighted by Gasteiger charge is 2.42. The summed E-state index contributed by atoms with van der Waals surface area (Å²) in [5, 5.41) is 20.9. The van der Waals surface area contributed by atoms with E-state index >= 15 is 0 Å². The smallest absolute Gasteiger partial charge is 0.283 e. The fourth-order valence-corrected chi connectivity index (χ4v) is 12.4. The van der Waals surface area contributed by atoms with E-state index in [1.165, 1.54) is 17.5 Å². The zero-order chi connectivity index (χ0) is 44.1. The molecule has 1 saturated heterocycles. The lowest BCUT2D eigenvalue weighted by atomic mass is 10.0. The molecule has 6 aromatic rings. The number of fused-ring (bicyclic) bond motifs is 6. The Morgan fingerprint density at radius 3 is 1.50 bits per heavy atom. The van der Waals surface area contributed by atoms with Crippen molar-refractivity contribution in [3.05, 3.63) is 157 Å². The van der Waals surface area contributed by atoms with E-state index in [0.29, 0.717) is 35.7 Å². The summed E-state index contributed by atoms with van der Waals surface area (Å²) < 4.78 is 53.4. The molecule has 326 valence electrons. The van der Waals surface area contributed by atoms with Crippen molar-refractivity contribution < 1.29 is 42.6 Å². The van der Waals surface area contributed by atoms with E-state index < -0.39 is 20.8 Å². The summed E-state index contributed by atoms with van der Waals surface area (Å²) in [6, 6.07) is 46.7. The fraction of sp³-hybridized carbons (Fsp3) is 0.294. The molecule has 3 heterocycles. The fourth-order valence-electron chi connectivity index (χ4n) is 7.23. The molecule has 5 unspecified atom stereocenters. The molecule has 2 N–H and O–H groups in total. The molecule has 1 fully saturated rings. The predicted molar refractivity (Wildman–Crippen MR) is 251 cm³/mol. The van der Waals surface area contributed by atoms with E-state index in [2.05, 4.69) is 31.2 Å². The average molecular weight is 877 g/mol. The van der Waals surface area contributed by atoms with E-state index in [-0.39, 0.29) is 18.4 Å². The van der Waals surface area contributed by atoms with Crippen LogP contribution >= 0.6 is 14.7 Å². The zero-order valence-corrected chi connectivity index (χ0v) is 38.0. The van der Waals surface area contributed by atoms with Gasteiger partial charge in [0.05, 0.1) is 62.1 Å². The van der Waals surface area contributed by atoms with Crippen molar-refractivity contribution in [2.45, 2.75) is 64.3 Å². The highest BCUT2D eigenvalue weighted by molar-refractivity contribution is 7.68. The summed E-state index contributed by atoms with van der Waals surface area (Å²) in [5.74, 6) is 3.06. The lowest BCUT2D eigenvalue weighted by Gasteiger charge is -2.32. The van der Waals surface area contributed by atoms with Crippen LogP contribution in [0.15, 0.2) is 146 Å². The third-order valence-corrected chi connectivity index (χ3v) is 16.6. The number of rotatable bonds is 11. The van der Waals surface area contributed by atoms with Gasteiger partial charge in [-0.05, 0) is 96.5 Å². The predicted octanol–water partition coefficient (Wildman–Crippen LogP) is 10.9. The summed E-state index contributed by atoms with van der Waals surface area (Å²) in [7, 11) is -2.80. The first kappa shape index (κ1) is 46.4. The van der Waals surface area contributed by atoms with E-state index in [0.717, 1.165) is 52.1 Å². The monoisotopic (exact) mass is 876 g/mol. The van der Waals surface area contributed by atoms with Gasteiger partial charge >= 0.3 is 0 Å². The minimum Gasteiger partial charge on any atom is -0.497 e. The molecule has 3 aliphatic rings. The van der Waals surface area contributed by atoms with Crippen LogP contribution in [0, 0.1) is 0 Å². The number of epoxide rings is 1. The van der Waals surface area contributed by atoms with Gasteiger partial charge in [-0.3, -0.25) is 9.13 Å². The number of para-hydroxylation sites is 2. The molecule has 0 amide bonds. The van der Waals surface area contributed by atoms with Crippen LogP contribution in [0.4, 0.5) is 0 Å². The standard InChI is InChI=1S/2C16H17O3P.C15H16O2.C4H8O/c1-2-12(17)11-20(18)16-10-6-4-8-14(16)13-7-3-5-9-15(13)19-20;1-2-12(11-17)20(18)16-10-6-4-8-14(16)13-7-3-5-9-15(13)19-20;1-16-14-7-3-12(4-8-14)11-13-5-9-15(17-2)10-6-13;1-2-4-3-5-4/h2*3-10,12,17H,2,11H2,1H3;3-10H,11H2,1-2H3;4H,2-3H2,1H3. The second-order valence-electron chi connectivity index (χ2n) is 15.2. The number of hydrogen-bond acceptors (Lipinski definition) is 9. The molecule has 5 atom stereocenters. The van der Waals surface area contributed by atoms with Crippen LogP contribution < -0.4 is 29.1 Å². The van der Waals surface area contributed by atoms with Gasteiger partial charge in [-0.1, -0.05) is 118 Å². The van der Waals surface area contributed by atoms with Crippen LogP contribution in [0.3, 0.4) is 0 Å². The molecule has 0 saturated carbocycles. The SMILES string of the molecule is CCC(CO)P1(=O)Oc2ccccc2-c2ccccc21.CCC(O)CP1(=O)Oc2ccccc2-c2ccccc21.CCC1CO1.COc1ccc(Cc2ccc(OC)cc2)cc1. The zero-order valence-electron chi connectivity index (χ0n) is 36.2. The molecular formula is C51H58O9P2. The van der Waals surface area contributed by atoms with Gasteiger partial charge in [0.2, 0.25) is 0 Å². The van der Waals surface area contributed by atoms with Crippen LogP contribution in [0.5, 0.6) is 23.0 Å². The summed E-state index contributed by atoms with van der Waals surface area (Å²) in [6.07, 6.45) is 3.48. The number of benzene rings is 6. The summed E-state index contributed by atoms with van der Waals surface area (Å²) in [5.41, 5.74) is 6.00. The van der Waals surface area contributed by atoms with Gasteiger partial charge in [-0.25, -0.2) is 0 Å². The van der Waals surface area contributed by atoms with Gasteiger partial charge < -0.3 is 33.5 Å². The lowest BCUT2D eigenvalue weighted by Crippen LogP contribution is -2.27. The number of aliphatic hydroxyl groups excluding tert-OH is 2. The molecular weight excluding hydrogens is 818 g/mol. The maximum atomic E-state index is 13.4. The summed E-state index contributed by atoms with van der Waals surface area (Å²) in [4.78, 5) is 0. The Morgan fingerprint density at radius 1 is 0.613 bits per heavy atom. The normalized spacial score (nSPS) is 19.4. The Morgan fingerprint density at radius 2 is 1.06 bits per heavy atom. The van der Waals surface area contributed by atoms with Crippen molar-refractivity contribution in [2.75, 3.05) is 33.6 Å². The lowest BCUT2D eigenvalue weighted by molar-refractivity contribution is 0.191. The number of hydrogen-bond donors (Lipinski definition) is 2. The minimum absolute atomic E-state index is 0.135. The quantitative estimate of drug-likeness (QED) is 0.0967. The largest absolute Gasteiger partial charge is 0.497 e. The molecule has 0 aliphatic carbocycles. The molecule has 0 radical (unpaired) electrons. The molecule has 6 aromatic carbocycles. The third-order valence-electron chi connectivity index (χ3n) is 11.0. The van der Waals surface area contributed by atoms with Gasteiger partial charge in [0.1, 0.15) is 23.0 Å². The van der Waals surface area contributed by atoms with Gasteiger partial charge in [0, 0.05) is 11.1 Å². The first-order chi connectivity index (χ1) is 30.1. The van der Waals surface area contributed by atoms with Crippen LogP contribution in [-0.2, 0) is 20.3 Å². The van der Waals surface area contributed by atoms with Gasteiger partial charge in [-0.15, -0.1) is 0 Å². The van der Waals surface area contributed by atoms with E-state index in [1.807, 2.05) is 135 Å². The molecule has 11 heteroatoms. The Bertz CT molecular complexity index is 2400. The molecule has 9 rings (SSSR count). The number of aliphatic hydroxyl groups is 2. The summed E-state index contributed by atoms with van der Waals surface area (Å²) >= 11 is 0. The molecule has 0 aromatic heterocycles. The first-order valence-electron chi connectivity index (χ1n) is 21.2. The van der Waals surface area contributed by atoms with Crippen LogP contribution in [-0.4, -0.2) is 61.7 Å².